The lowest BCUT2D eigenvalue weighted by Gasteiger charge is -2.34. The van der Waals surface area contributed by atoms with Crippen molar-refractivity contribution in [1.82, 2.24) is 0 Å². The molecule has 1 heterocycles. The zero-order valence-corrected chi connectivity index (χ0v) is 18.6. The minimum atomic E-state index is -3.93. The number of ether oxygens (including phenoxy) is 2. The summed E-state index contributed by atoms with van der Waals surface area (Å²) in [6.07, 6.45) is -1.11. The van der Waals surface area contributed by atoms with Crippen molar-refractivity contribution >= 4 is 33.3 Å². The van der Waals surface area contributed by atoms with Crippen molar-refractivity contribution in [1.29, 1.82) is 0 Å². The number of nitrogens with zero attached hydrogens (tertiary/aromatic N) is 1. The SMILES string of the molecule is CCOC(=O)c1cccc(NC(=O)C2CN(S(=O)(=O)c3ccccc3)c3ccccc3O2)c1. The average molecular weight is 467 g/mol. The molecule has 33 heavy (non-hydrogen) atoms. The monoisotopic (exact) mass is 466 g/mol. The van der Waals surface area contributed by atoms with E-state index in [9.17, 15) is 18.0 Å². The first-order valence-electron chi connectivity index (χ1n) is 10.3. The number of fused-ring (bicyclic) bond motifs is 1. The van der Waals surface area contributed by atoms with Gasteiger partial charge in [0.15, 0.2) is 6.10 Å². The van der Waals surface area contributed by atoms with Crippen molar-refractivity contribution in [2.24, 2.45) is 0 Å². The second-order valence-corrected chi connectivity index (χ2v) is 9.08. The number of para-hydroxylation sites is 2. The molecule has 0 bridgehead atoms. The van der Waals surface area contributed by atoms with Crippen molar-refractivity contribution in [3.63, 3.8) is 0 Å². The summed E-state index contributed by atoms with van der Waals surface area (Å²) in [6.45, 7) is 1.73. The number of carbonyl (C=O) groups excluding carboxylic acids is 2. The van der Waals surface area contributed by atoms with Gasteiger partial charge >= 0.3 is 5.97 Å². The standard InChI is InChI=1S/C24H22N2O6S/c1-2-31-24(28)17-9-8-10-18(15-17)25-23(27)22-16-26(20-13-6-7-14-21(20)32-22)33(29,30)19-11-4-3-5-12-19/h3-15,22H,2,16H2,1H3,(H,25,27). The Balaban J connectivity index is 1.60. The molecule has 0 spiro atoms. The van der Waals surface area contributed by atoms with E-state index < -0.39 is 28.0 Å². The number of rotatable bonds is 6. The van der Waals surface area contributed by atoms with Gasteiger partial charge in [0.2, 0.25) is 0 Å². The Morgan fingerprint density at radius 2 is 1.76 bits per heavy atom. The number of benzene rings is 3. The summed E-state index contributed by atoms with van der Waals surface area (Å²) in [7, 11) is -3.93. The van der Waals surface area contributed by atoms with E-state index in [1.165, 1.54) is 22.5 Å². The van der Waals surface area contributed by atoms with E-state index in [1.807, 2.05) is 0 Å². The van der Waals surface area contributed by atoms with E-state index in [0.717, 1.165) is 0 Å². The third-order valence-corrected chi connectivity index (χ3v) is 6.79. The van der Waals surface area contributed by atoms with Crippen LogP contribution in [0, 0.1) is 0 Å². The van der Waals surface area contributed by atoms with Crippen molar-refractivity contribution in [2.75, 3.05) is 22.8 Å². The predicted molar refractivity (Wildman–Crippen MR) is 123 cm³/mol. The highest BCUT2D eigenvalue weighted by Crippen LogP contribution is 2.37. The number of sulfonamides is 1. The molecule has 0 radical (unpaired) electrons. The number of hydrogen-bond donors (Lipinski definition) is 1. The quantitative estimate of drug-likeness (QED) is 0.559. The fraction of sp³-hybridized carbons (Fsp3) is 0.167. The Hall–Kier alpha value is -3.85. The second kappa shape index (κ2) is 9.33. The number of anilines is 2. The van der Waals surface area contributed by atoms with Crippen LogP contribution in [0.15, 0.2) is 83.8 Å². The molecule has 0 saturated carbocycles. The van der Waals surface area contributed by atoms with Gasteiger partial charge in [-0.3, -0.25) is 9.10 Å². The van der Waals surface area contributed by atoms with E-state index >= 15 is 0 Å². The minimum Gasteiger partial charge on any atom is -0.476 e. The van der Waals surface area contributed by atoms with Crippen LogP contribution in [-0.4, -0.2) is 39.5 Å². The first kappa shape index (κ1) is 22.3. The van der Waals surface area contributed by atoms with Gasteiger partial charge in [0.05, 0.1) is 29.3 Å². The van der Waals surface area contributed by atoms with Gasteiger partial charge in [0.25, 0.3) is 15.9 Å². The minimum absolute atomic E-state index is 0.114. The molecule has 9 heteroatoms. The lowest BCUT2D eigenvalue weighted by atomic mass is 10.2. The fourth-order valence-electron chi connectivity index (χ4n) is 3.45. The summed E-state index contributed by atoms with van der Waals surface area (Å²) in [6, 6.07) is 21.0. The maximum atomic E-state index is 13.3. The highest BCUT2D eigenvalue weighted by molar-refractivity contribution is 7.92. The molecule has 0 aromatic heterocycles. The molecule has 0 aliphatic carbocycles. The molecule has 3 aromatic rings. The highest BCUT2D eigenvalue weighted by atomic mass is 32.2. The molecular weight excluding hydrogens is 444 g/mol. The average Bonchev–Trinajstić information content (AvgIpc) is 2.84. The van der Waals surface area contributed by atoms with Crippen LogP contribution >= 0.6 is 0 Å². The highest BCUT2D eigenvalue weighted by Gasteiger charge is 2.37. The second-order valence-electron chi connectivity index (χ2n) is 7.21. The van der Waals surface area contributed by atoms with Crippen molar-refractivity contribution in [3.8, 4) is 5.75 Å². The third-order valence-electron chi connectivity index (χ3n) is 5.00. The fourth-order valence-corrected chi connectivity index (χ4v) is 4.94. The Morgan fingerprint density at radius 1 is 1.03 bits per heavy atom. The maximum Gasteiger partial charge on any atom is 0.338 e. The van der Waals surface area contributed by atoms with E-state index in [-0.39, 0.29) is 29.4 Å². The zero-order valence-electron chi connectivity index (χ0n) is 17.8. The number of hydrogen-bond acceptors (Lipinski definition) is 6. The zero-order chi connectivity index (χ0) is 23.4. The first-order valence-corrected chi connectivity index (χ1v) is 11.8. The molecule has 8 nitrogen and oxygen atoms in total. The van der Waals surface area contributed by atoms with E-state index in [0.29, 0.717) is 11.4 Å². The lowest BCUT2D eigenvalue weighted by Crippen LogP contribution is -2.48. The first-order chi connectivity index (χ1) is 15.9. The van der Waals surface area contributed by atoms with Crippen molar-refractivity contribution in [3.05, 3.63) is 84.4 Å². The summed E-state index contributed by atoms with van der Waals surface area (Å²) in [5.74, 6) is -0.765. The topological polar surface area (TPSA) is 102 Å². The molecule has 1 N–H and O–H groups in total. The molecule has 1 atom stereocenters. The van der Waals surface area contributed by atoms with Crippen LogP contribution < -0.4 is 14.4 Å². The Labute approximate surface area is 191 Å². The molecular formula is C24H22N2O6S. The summed E-state index contributed by atoms with van der Waals surface area (Å²) in [4.78, 5) is 25.1. The summed E-state index contributed by atoms with van der Waals surface area (Å²) in [5, 5.41) is 2.70. The van der Waals surface area contributed by atoms with E-state index in [1.54, 1.807) is 67.6 Å². The van der Waals surface area contributed by atoms with Gasteiger partial charge in [-0.1, -0.05) is 36.4 Å². The van der Waals surface area contributed by atoms with Crippen LogP contribution in [0.5, 0.6) is 5.75 Å². The van der Waals surface area contributed by atoms with Crippen LogP contribution in [0.2, 0.25) is 0 Å². The Kier molecular flexibility index (Phi) is 6.32. The van der Waals surface area contributed by atoms with Gasteiger partial charge in [0, 0.05) is 5.69 Å². The molecule has 1 aliphatic heterocycles. The van der Waals surface area contributed by atoms with E-state index in [4.69, 9.17) is 9.47 Å². The normalized spacial score (nSPS) is 15.2. The Morgan fingerprint density at radius 3 is 2.52 bits per heavy atom. The van der Waals surface area contributed by atoms with Gasteiger partial charge in [0.1, 0.15) is 5.75 Å². The molecule has 1 unspecified atom stereocenters. The summed E-state index contributed by atoms with van der Waals surface area (Å²) in [5.41, 5.74) is 1.01. The van der Waals surface area contributed by atoms with Gasteiger partial charge in [-0.15, -0.1) is 0 Å². The smallest absolute Gasteiger partial charge is 0.338 e. The van der Waals surface area contributed by atoms with Crippen molar-refractivity contribution in [2.45, 2.75) is 17.9 Å². The number of amides is 1. The lowest BCUT2D eigenvalue weighted by molar-refractivity contribution is -0.122. The molecule has 1 amide bonds. The summed E-state index contributed by atoms with van der Waals surface area (Å²) < 4.78 is 38.7. The van der Waals surface area contributed by atoms with Crippen LogP contribution in [0.25, 0.3) is 0 Å². The molecule has 3 aromatic carbocycles. The van der Waals surface area contributed by atoms with Gasteiger partial charge in [-0.2, -0.15) is 0 Å². The molecule has 1 aliphatic rings. The Bertz CT molecular complexity index is 1280. The number of carbonyl (C=O) groups is 2. The number of esters is 1. The summed E-state index contributed by atoms with van der Waals surface area (Å²) >= 11 is 0. The predicted octanol–water partition coefficient (Wildman–Crippen LogP) is 3.46. The van der Waals surface area contributed by atoms with Crippen LogP contribution in [0.4, 0.5) is 11.4 Å². The maximum absolute atomic E-state index is 13.3. The van der Waals surface area contributed by atoms with Gasteiger partial charge in [-0.25, -0.2) is 13.2 Å². The molecule has 0 saturated heterocycles. The van der Waals surface area contributed by atoms with Crippen LogP contribution in [0.3, 0.4) is 0 Å². The molecule has 0 fully saturated rings. The van der Waals surface area contributed by atoms with Gasteiger partial charge < -0.3 is 14.8 Å². The number of nitrogens with one attached hydrogen (secondary N) is 1. The molecule has 4 rings (SSSR count). The van der Waals surface area contributed by atoms with E-state index in [2.05, 4.69) is 5.32 Å². The van der Waals surface area contributed by atoms with Gasteiger partial charge in [-0.05, 0) is 49.4 Å². The largest absolute Gasteiger partial charge is 0.476 e. The van der Waals surface area contributed by atoms with Crippen LogP contribution in [-0.2, 0) is 19.6 Å². The van der Waals surface area contributed by atoms with Crippen molar-refractivity contribution < 1.29 is 27.5 Å². The van der Waals surface area contributed by atoms with Crippen LogP contribution in [0.1, 0.15) is 17.3 Å². The third kappa shape index (κ3) is 4.68. The molecule has 170 valence electrons.